The van der Waals surface area contributed by atoms with Gasteiger partial charge in [-0.2, -0.15) is 0 Å². The van der Waals surface area contributed by atoms with Gasteiger partial charge >= 0.3 is 5.97 Å². The number of halogens is 2. The van der Waals surface area contributed by atoms with Crippen LogP contribution >= 0.6 is 39.3 Å². The number of nitrogens with one attached hydrogen (secondary N) is 1. The van der Waals surface area contributed by atoms with Crippen molar-refractivity contribution in [2.75, 3.05) is 0 Å². The molecule has 2 N–H and O–H groups in total. The van der Waals surface area contributed by atoms with Gasteiger partial charge in [0, 0.05) is 21.5 Å². The van der Waals surface area contributed by atoms with Crippen molar-refractivity contribution in [2.45, 2.75) is 20.8 Å². The van der Waals surface area contributed by atoms with Crippen molar-refractivity contribution in [3.63, 3.8) is 0 Å². The standard InChI is InChI=1S/C24H19BrClN3O3S/c1-12-8-16(25)4-7-20(12)27-24-28-22(30)21(33-24)10-15-9-13(2)29(14(15)3)17-5-6-18(23(31)32)19(26)11-17/h4-11H,1-3H3,(H,31,32)(H,27,28,30)/b21-10-. The highest BCUT2D eigenvalue weighted by Gasteiger charge is 2.25. The number of rotatable bonds is 4. The molecule has 168 valence electrons. The Morgan fingerprint density at radius 1 is 1.18 bits per heavy atom. The minimum atomic E-state index is -1.07. The number of aromatic nitrogens is 1. The first-order valence-corrected chi connectivity index (χ1v) is 11.9. The van der Waals surface area contributed by atoms with Gasteiger partial charge in [0.2, 0.25) is 0 Å². The molecule has 1 aliphatic rings. The summed E-state index contributed by atoms with van der Waals surface area (Å²) in [5, 5.41) is 12.7. The number of hydrogen-bond donors (Lipinski definition) is 2. The number of carbonyl (C=O) groups excluding carboxylic acids is 1. The van der Waals surface area contributed by atoms with Crippen LogP contribution in [-0.2, 0) is 4.79 Å². The number of carbonyl (C=O) groups is 2. The molecule has 0 atom stereocenters. The molecule has 1 fully saturated rings. The second-order valence-electron chi connectivity index (χ2n) is 7.54. The Hall–Kier alpha value is -2.81. The number of carboxylic acids is 1. The molecular weight excluding hydrogens is 526 g/mol. The highest BCUT2D eigenvalue weighted by atomic mass is 79.9. The van der Waals surface area contributed by atoms with E-state index in [0.717, 1.165) is 38.4 Å². The summed E-state index contributed by atoms with van der Waals surface area (Å²) in [6, 6.07) is 12.6. The van der Waals surface area contributed by atoms with Gasteiger partial charge in [-0.25, -0.2) is 9.79 Å². The molecule has 0 spiro atoms. The summed E-state index contributed by atoms with van der Waals surface area (Å²) in [6.45, 7) is 5.85. The Kier molecular flexibility index (Phi) is 6.52. The Morgan fingerprint density at radius 3 is 2.61 bits per heavy atom. The Balaban J connectivity index is 1.65. The molecule has 33 heavy (non-hydrogen) atoms. The lowest BCUT2D eigenvalue weighted by Crippen LogP contribution is -2.19. The number of carboxylic acid groups (broad SMARTS) is 1. The summed E-state index contributed by atoms with van der Waals surface area (Å²) >= 11 is 10.9. The van der Waals surface area contributed by atoms with Crippen molar-refractivity contribution in [3.8, 4) is 5.69 Å². The lowest BCUT2D eigenvalue weighted by Gasteiger charge is -2.11. The van der Waals surface area contributed by atoms with Crippen LogP contribution in [0.15, 0.2) is 56.8 Å². The van der Waals surface area contributed by atoms with Crippen molar-refractivity contribution in [3.05, 3.63) is 84.9 Å². The van der Waals surface area contributed by atoms with Gasteiger partial charge in [0.25, 0.3) is 5.91 Å². The van der Waals surface area contributed by atoms with Crippen LogP contribution in [0.2, 0.25) is 5.02 Å². The number of hydrogen-bond acceptors (Lipinski definition) is 4. The van der Waals surface area contributed by atoms with E-state index in [1.807, 2.05) is 55.7 Å². The summed E-state index contributed by atoms with van der Waals surface area (Å²) < 4.78 is 2.95. The number of aromatic carboxylic acids is 1. The zero-order chi connectivity index (χ0) is 23.9. The van der Waals surface area contributed by atoms with Gasteiger partial charge in [0.15, 0.2) is 5.17 Å². The van der Waals surface area contributed by atoms with Gasteiger partial charge in [-0.15, -0.1) is 0 Å². The zero-order valence-electron chi connectivity index (χ0n) is 17.9. The van der Waals surface area contributed by atoms with E-state index >= 15 is 0 Å². The summed E-state index contributed by atoms with van der Waals surface area (Å²) in [5.74, 6) is -1.27. The van der Waals surface area contributed by atoms with Gasteiger partial charge in [0.05, 0.1) is 21.2 Å². The van der Waals surface area contributed by atoms with E-state index in [9.17, 15) is 14.7 Å². The molecule has 1 saturated heterocycles. The number of aryl methyl sites for hydroxylation is 2. The molecule has 2 heterocycles. The maximum atomic E-state index is 12.6. The van der Waals surface area contributed by atoms with E-state index in [0.29, 0.717) is 10.1 Å². The van der Waals surface area contributed by atoms with E-state index in [1.165, 1.54) is 17.8 Å². The largest absolute Gasteiger partial charge is 0.478 e. The fourth-order valence-electron chi connectivity index (χ4n) is 3.62. The van der Waals surface area contributed by atoms with Crippen LogP contribution in [0, 0.1) is 20.8 Å². The molecule has 3 aromatic rings. The highest BCUT2D eigenvalue weighted by Crippen LogP contribution is 2.32. The molecule has 1 aliphatic heterocycles. The fraction of sp³-hybridized carbons (Fsp3) is 0.125. The smallest absolute Gasteiger partial charge is 0.337 e. The van der Waals surface area contributed by atoms with Crippen LogP contribution in [0.4, 0.5) is 5.69 Å². The maximum absolute atomic E-state index is 12.6. The second-order valence-corrected chi connectivity index (χ2v) is 9.90. The summed E-state index contributed by atoms with van der Waals surface area (Å²) in [6.07, 6.45) is 1.84. The third kappa shape index (κ3) is 4.78. The highest BCUT2D eigenvalue weighted by molar-refractivity contribution is 9.10. The minimum Gasteiger partial charge on any atom is -0.478 e. The van der Waals surface area contributed by atoms with E-state index in [4.69, 9.17) is 11.6 Å². The Labute approximate surface area is 208 Å². The molecule has 1 amide bonds. The SMILES string of the molecule is Cc1cc(Br)ccc1N=C1NC(=O)/C(=C/c2cc(C)n(-c3ccc(C(=O)O)c(Cl)c3)c2C)S1. The first kappa shape index (κ1) is 23.4. The first-order chi connectivity index (χ1) is 15.6. The predicted octanol–water partition coefficient (Wildman–Crippen LogP) is 6.41. The van der Waals surface area contributed by atoms with Gasteiger partial charge in [-0.05, 0) is 92.2 Å². The topological polar surface area (TPSA) is 83.7 Å². The molecule has 6 nitrogen and oxygen atoms in total. The molecule has 0 unspecified atom stereocenters. The second kappa shape index (κ2) is 9.21. The van der Waals surface area contributed by atoms with Crippen LogP contribution in [0.25, 0.3) is 11.8 Å². The van der Waals surface area contributed by atoms with Gasteiger partial charge in [-0.3, -0.25) is 4.79 Å². The van der Waals surface area contributed by atoms with Crippen molar-refractivity contribution in [1.82, 2.24) is 9.88 Å². The molecular formula is C24H19BrClN3O3S. The molecule has 0 aliphatic carbocycles. The molecule has 0 radical (unpaired) electrons. The summed E-state index contributed by atoms with van der Waals surface area (Å²) in [4.78, 5) is 29.0. The monoisotopic (exact) mass is 543 g/mol. The van der Waals surface area contributed by atoms with Crippen molar-refractivity contribution in [1.29, 1.82) is 0 Å². The lowest BCUT2D eigenvalue weighted by molar-refractivity contribution is -0.115. The Morgan fingerprint density at radius 2 is 1.94 bits per heavy atom. The van der Waals surface area contributed by atoms with Crippen LogP contribution in [0.5, 0.6) is 0 Å². The number of thioether (sulfide) groups is 1. The number of aliphatic imine (C=N–C) groups is 1. The average Bonchev–Trinajstić information content (AvgIpc) is 3.22. The molecule has 0 saturated carbocycles. The van der Waals surface area contributed by atoms with Gasteiger partial charge in [-0.1, -0.05) is 27.5 Å². The van der Waals surface area contributed by atoms with Gasteiger partial charge < -0.3 is 15.0 Å². The third-order valence-corrected chi connectivity index (χ3v) is 6.95. The number of amides is 1. The average molecular weight is 545 g/mol. The molecule has 2 aromatic carbocycles. The zero-order valence-corrected chi connectivity index (χ0v) is 21.1. The molecule has 9 heteroatoms. The van der Waals surface area contributed by atoms with Crippen molar-refractivity contribution >= 4 is 68.1 Å². The Bertz CT molecular complexity index is 1380. The van der Waals surface area contributed by atoms with Crippen LogP contribution in [0.1, 0.15) is 32.9 Å². The predicted molar refractivity (Wildman–Crippen MR) is 137 cm³/mol. The van der Waals surface area contributed by atoms with Crippen LogP contribution in [0.3, 0.4) is 0 Å². The maximum Gasteiger partial charge on any atom is 0.337 e. The van der Waals surface area contributed by atoms with E-state index in [1.54, 1.807) is 12.1 Å². The molecule has 4 rings (SSSR count). The van der Waals surface area contributed by atoms with E-state index < -0.39 is 5.97 Å². The van der Waals surface area contributed by atoms with E-state index in [-0.39, 0.29) is 16.5 Å². The van der Waals surface area contributed by atoms with Gasteiger partial charge in [0.1, 0.15) is 0 Å². The third-order valence-electron chi connectivity index (χ3n) is 5.23. The number of benzene rings is 2. The quantitative estimate of drug-likeness (QED) is 0.372. The summed E-state index contributed by atoms with van der Waals surface area (Å²) in [5.41, 5.74) is 5.31. The minimum absolute atomic E-state index is 0.0528. The van der Waals surface area contributed by atoms with Crippen LogP contribution < -0.4 is 5.32 Å². The number of amidine groups is 1. The van der Waals surface area contributed by atoms with Crippen LogP contribution in [-0.4, -0.2) is 26.7 Å². The van der Waals surface area contributed by atoms with Crippen molar-refractivity contribution in [2.24, 2.45) is 4.99 Å². The summed E-state index contributed by atoms with van der Waals surface area (Å²) in [7, 11) is 0. The normalized spacial score (nSPS) is 16.0. The first-order valence-electron chi connectivity index (χ1n) is 9.92. The van der Waals surface area contributed by atoms with E-state index in [2.05, 4.69) is 26.2 Å². The molecule has 1 aromatic heterocycles. The molecule has 0 bridgehead atoms. The van der Waals surface area contributed by atoms with Crippen molar-refractivity contribution < 1.29 is 14.7 Å². The fourth-order valence-corrected chi connectivity index (χ4v) is 5.18. The number of nitrogens with zero attached hydrogens (tertiary/aromatic N) is 2. The lowest BCUT2D eigenvalue weighted by atomic mass is 10.2.